The lowest BCUT2D eigenvalue weighted by Gasteiger charge is -2.15. The third kappa shape index (κ3) is 7.39. The Morgan fingerprint density at radius 2 is 0.952 bits per heavy atom. The van der Waals surface area contributed by atoms with Crippen molar-refractivity contribution >= 4 is 0 Å². The zero-order valence-electron chi connectivity index (χ0n) is 13.1. The Balaban J connectivity index is 0. The zero-order chi connectivity index (χ0) is 17.4. The quantitative estimate of drug-likeness (QED) is 0.494. The summed E-state index contributed by atoms with van der Waals surface area (Å²) in [6.07, 6.45) is -9.55. The summed E-state index contributed by atoms with van der Waals surface area (Å²) in [5, 5.41) is 0. The van der Waals surface area contributed by atoms with E-state index in [0.29, 0.717) is 0 Å². The maximum absolute atomic E-state index is 12.4. The lowest BCUT2D eigenvalue weighted by molar-refractivity contribution is -0.143. The third-order valence-corrected chi connectivity index (χ3v) is 2.28. The van der Waals surface area contributed by atoms with E-state index in [2.05, 4.69) is 0 Å². The van der Waals surface area contributed by atoms with Crippen molar-refractivity contribution in [3.63, 3.8) is 0 Å². The number of rotatable bonds is 1. The van der Waals surface area contributed by atoms with E-state index >= 15 is 0 Å². The minimum Gasteiger partial charge on any atom is -0.166 e. The van der Waals surface area contributed by atoms with E-state index in [4.69, 9.17) is 0 Å². The van der Waals surface area contributed by atoms with Gasteiger partial charge in [-0.2, -0.15) is 26.3 Å². The topological polar surface area (TPSA) is 0 Å². The van der Waals surface area contributed by atoms with E-state index in [0.717, 1.165) is 12.1 Å². The molecular weight excluding hydrogens is 294 g/mol. The minimum atomic E-state index is -4.77. The van der Waals surface area contributed by atoms with Crippen LogP contribution in [-0.4, -0.2) is 0 Å². The predicted octanol–water partition coefficient (Wildman–Crippen LogP) is 6.90. The molecule has 1 rings (SSSR count). The van der Waals surface area contributed by atoms with E-state index in [1.807, 2.05) is 27.7 Å². The van der Waals surface area contributed by atoms with Crippen molar-refractivity contribution in [1.29, 1.82) is 0 Å². The van der Waals surface area contributed by atoms with Crippen LogP contribution in [0.3, 0.4) is 0 Å². The fourth-order valence-corrected chi connectivity index (χ4v) is 1.31. The maximum atomic E-state index is 12.4. The Bertz CT molecular complexity index is 369. The van der Waals surface area contributed by atoms with Crippen molar-refractivity contribution in [2.45, 2.75) is 59.8 Å². The molecule has 0 radical (unpaired) electrons. The van der Waals surface area contributed by atoms with Gasteiger partial charge in [0.25, 0.3) is 0 Å². The fraction of sp³-hybridized carbons (Fsp3) is 0.600. The molecule has 0 aliphatic carbocycles. The van der Waals surface area contributed by atoms with Crippen LogP contribution in [0.25, 0.3) is 0 Å². The normalized spacial score (nSPS) is 11.3. The first-order chi connectivity index (χ1) is 9.51. The van der Waals surface area contributed by atoms with Crippen molar-refractivity contribution in [1.82, 2.24) is 0 Å². The van der Waals surface area contributed by atoms with E-state index in [9.17, 15) is 26.3 Å². The highest BCUT2D eigenvalue weighted by atomic mass is 19.4. The highest BCUT2D eigenvalue weighted by Gasteiger charge is 2.36. The van der Waals surface area contributed by atoms with E-state index in [1.165, 1.54) is 13.8 Å². The second kappa shape index (κ2) is 8.95. The van der Waals surface area contributed by atoms with Gasteiger partial charge >= 0.3 is 12.4 Å². The fourth-order valence-electron chi connectivity index (χ4n) is 1.31. The van der Waals surface area contributed by atoms with Crippen LogP contribution in [0.1, 0.15) is 64.2 Å². The molecule has 0 heterocycles. The smallest absolute Gasteiger partial charge is 0.166 e. The Hall–Kier alpha value is -1.20. The Labute approximate surface area is 122 Å². The molecule has 1 aromatic carbocycles. The first-order valence-electron chi connectivity index (χ1n) is 6.81. The van der Waals surface area contributed by atoms with Gasteiger partial charge in [-0.15, -0.1) is 0 Å². The van der Waals surface area contributed by atoms with Crippen molar-refractivity contribution in [2.75, 3.05) is 0 Å². The Morgan fingerprint density at radius 1 is 0.667 bits per heavy atom. The van der Waals surface area contributed by atoms with Gasteiger partial charge in [-0.3, -0.25) is 0 Å². The Kier molecular flexibility index (Phi) is 9.41. The first kappa shape index (κ1) is 22.1. The summed E-state index contributed by atoms with van der Waals surface area (Å²) in [6.45, 7) is 11.1. The van der Waals surface area contributed by atoms with Crippen LogP contribution in [0, 0.1) is 0 Å². The van der Waals surface area contributed by atoms with Crippen LogP contribution >= 0.6 is 0 Å². The average Bonchev–Trinajstić information content (AvgIpc) is 2.41. The van der Waals surface area contributed by atoms with Crippen molar-refractivity contribution in [3.8, 4) is 0 Å². The van der Waals surface area contributed by atoms with Gasteiger partial charge in [-0.25, -0.2) is 0 Å². The molecule has 6 heteroatoms. The number of alkyl halides is 6. The van der Waals surface area contributed by atoms with E-state index < -0.39 is 29.4 Å². The second-order valence-electron chi connectivity index (χ2n) is 3.99. The Morgan fingerprint density at radius 3 is 1.14 bits per heavy atom. The van der Waals surface area contributed by atoms with Gasteiger partial charge in [-0.05, 0) is 29.7 Å². The summed E-state index contributed by atoms with van der Waals surface area (Å²) >= 11 is 0. The lowest BCUT2D eigenvalue weighted by atomic mass is 9.97. The van der Waals surface area contributed by atoms with Gasteiger partial charge in [0, 0.05) is 0 Å². The number of benzene rings is 1. The molecule has 0 atom stereocenters. The van der Waals surface area contributed by atoms with Crippen LogP contribution < -0.4 is 0 Å². The van der Waals surface area contributed by atoms with Gasteiger partial charge in [0.1, 0.15) is 0 Å². The molecule has 21 heavy (non-hydrogen) atoms. The maximum Gasteiger partial charge on any atom is 0.416 e. The highest BCUT2D eigenvalue weighted by Crippen LogP contribution is 2.37. The van der Waals surface area contributed by atoms with Crippen LogP contribution in [0.15, 0.2) is 18.2 Å². The van der Waals surface area contributed by atoms with Gasteiger partial charge in [0.15, 0.2) is 0 Å². The summed E-state index contributed by atoms with van der Waals surface area (Å²) in [4.78, 5) is 0. The molecule has 0 spiro atoms. The SMILES string of the molecule is CC.CC.CC(C)c1cc(C(F)(F)F)cc(C(F)(F)F)c1. The van der Waals surface area contributed by atoms with Gasteiger partial charge in [0.2, 0.25) is 0 Å². The van der Waals surface area contributed by atoms with Crippen LogP contribution in [0.4, 0.5) is 26.3 Å². The molecule has 0 nitrogen and oxygen atoms in total. The van der Waals surface area contributed by atoms with Gasteiger partial charge < -0.3 is 0 Å². The van der Waals surface area contributed by atoms with Crippen molar-refractivity contribution in [2.24, 2.45) is 0 Å². The monoisotopic (exact) mass is 316 g/mol. The average molecular weight is 316 g/mol. The summed E-state index contributed by atoms with van der Waals surface area (Å²) < 4.78 is 74.6. The molecule has 124 valence electrons. The largest absolute Gasteiger partial charge is 0.416 e. The van der Waals surface area contributed by atoms with Crippen molar-refractivity contribution < 1.29 is 26.3 Å². The summed E-state index contributed by atoms with van der Waals surface area (Å²) in [5.74, 6) is -0.404. The molecule has 0 aliphatic rings. The molecule has 0 amide bonds. The highest BCUT2D eigenvalue weighted by molar-refractivity contribution is 5.35. The van der Waals surface area contributed by atoms with Gasteiger partial charge in [-0.1, -0.05) is 41.5 Å². The molecule has 0 aromatic heterocycles. The van der Waals surface area contributed by atoms with Crippen LogP contribution in [0.2, 0.25) is 0 Å². The number of hydrogen-bond acceptors (Lipinski definition) is 0. The lowest BCUT2D eigenvalue weighted by Crippen LogP contribution is -2.12. The second-order valence-corrected chi connectivity index (χ2v) is 3.99. The summed E-state index contributed by atoms with van der Waals surface area (Å²) in [5.41, 5.74) is -2.51. The third-order valence-electron chi connectivity index (χ3n) is 2.28. The first-order valence-corrected chi connectivity index (χ1v) is 6.81. The zero-order valence-corrected chi connectivity index (χ0v) is 13.1. The molecule has 1 aromatic rings. The molecule has 0 aliphatic heterocycles. The molecule has 0 saturated carbocycles. The molecule has 0 bridgehead atoms. The molecule has 0 unspecified atom stereocenters. The van der Waals surface area contributed by atoms with E-state index in [-0.39, 0.29) is 11.6 Å². The van der Waals surface area contributed by atoms with Crippen molar-refractivity contribution in [3.05, 3.63) is 34.9 Å². The number of hydrogen-bond donors (Lipinski definition) is 0. The molecule has 0 N–H and O–H groups in total. The number of halogens is 6. The molecule has 0 saturated heterocycles. The summed E-state index contributed by atoms with van der Waals surface area (Å²) in [6, 6.07) is 1.63. The predicted molar refractivity (Wildman–Crippen MR) is 73.2 cm³/mol. The van der Waals surface area contributed by atoms with Crippen LogP contribution in [-0.2, 0) is 12.4 Å². The minimum absolute atomic E-state index is 0.0205. The van der Waals surface area contributed by atoms with E-state index in [1.54, 1.807) is 0 Å². The molecule has 0 fully saturated rings. The van der Waals surface area contributed by atoms with Gasteiger partial charge in [0.05, 0.1) is 11.1 Å². The summed E-state index contributed by atoms with van der Waals surface area (Å²) in [7, 11) is 0. The standard InChI is InChI=1S/C11H10F6.2C2H6/c1-6(2)7-3-8(10(12,13)14)5-9(4-7)11(15,16)17;2*1-2/h3-6H,1-2H3;2*1-2H3. The molecular formula is C15H22F6. The van der Waals surface area contributed by atoms with Crippen LogP contribution in [0.5, 0.6) is 0 Å².